The molecule has 5 rings (SSSR count). The third-order valence-electron chi connectivity index (χ3n) is 4.26. The molecular formula is C20H19N7O. The number of aromatic nitrogens is 7. The van der Waals surface area contributed by atoms with E-state index < -0.39 is 0 Å². The Morgan fingerprint density at radius 2 is 1.82 bits per heavy atom. The van der Waals surface area contributed by atoms with Gasteiger partial charge in [0.15, 0.2) is 5.65 Å². The molecule has 0 aliphatic carbocycles. The summed E-state index contributed by atoms with van der Waals surface area (Å²) < 4.78 is 3.40. The van der Waals surface area contributed by atoms with Crippen LogP contribution in [0.3, 0.4) is 0 Å². The molecule has 0 saturated carbocycles. The van der Waals surface area contributed by atoms with Crippen LogP contribution in [0.5, 0.6) is 0 Å². The minimum atomic E-state index is -0.223. The number of nitrogens with zero attached hydrogens (tertiary/aromatic N) is 6. The van der Waals surface area contributed by atoms with Gasteiger partial charge in [0.05, 0.1) is 23.8 Å². The minimum absolute atomic E-state index is 0.223. The van der Waals surface area contributed by atoms with Gasteiger partial charge in [0.25, 0.3) is 0 Å². The predicted octanol–water partition coefficient (Wildman–Crippen LogP) is 2.93. The highest BCUT2D eigenvalue weighted by Crippen LogP contribution is 2.17. The zero-order chi connectivity index (χ0) is 19.5. The van der Waals surface area contributed by atoms with E-state index in [1.165, 1.54) is 0 Å². The van der Waals surface area contributed by atoms with Gasteiger partial charge in [-0.15, -0.1) is 0 Å². The standard InChI is InChI=1S/C18H13N7O.C2H6/c26-18-22-14-9-20-17(25-11-21-13-3-1-2-4-15(13)25)23-16(14)24(18)10-12-5-7-19-8-6-12;1-2/h1-9,11H,10H2,(H,22,26);1-2H3. The summed E-state index contributed by atoms with van der Waals surface area (Å²) in [5.41, 5.74) is 3.66. The monoisotopic (exact) mass is 373 g/mol. The van der Waals surface area contributed by atoms with Crippen LogP contribution >= 0.6 is 0 Å². The fraction of sp³-hybridized carbons (Fsp3) is 0.150. The van der Waals surface area contributed by atoms with E-state index in [0.717, 1.165) is 16.6 Å². The molecule has 0 aliphatic heterocycles. The number of fused-ring (bicyclic) bond motifs is 2. The van der Waals surface area contributed by atoms with Crippen LogP contribution in [0, 0.1) is 0 Å². The van der Waals surface area contributed by atoms with E-state index in [2.05, 4.69) is 24.9 Å². The van der Waals surface area contributed by atoms with Crippen LogP contribution in [0.4, 0.5) is 0 Å². The van der Waals surface area contributed by atoms with E-state index in [0.29, 0.717) is 23.7 Å². The van der Waals surface area contributed by atoms with Crippen molar-refractivity contribution in [3.63, 3.8) is 0 Å². The lowest BCUT2D eigenvalue weighted by atomic mass is 10.3. The van der Waals surface area contributed by atoms with Gasteiger partial charge in [-0.05, 0) is 29.8 Å². The Morgan fingerprint density at radius 1 is 1.04 bits per heavy atom. The SMILES string of the molecule is CC.O=c1[nH]c2cnc(-n3cnc4ccccc43)nc2n1Cc1ccncc1. The molecule has 140 valence electrons. The molecule has 0 bridgehead atoms. The topological polar surface area (TPSA) is 94.3 Å². The fourth-order valence-corrected chi connectivity index (χ4v) is 2.99. The summed E-state index contributed by atoms with van der Waals surface area (Å²) in [6.07, 6.45) is 6.71. The van der Waals surface area contributed by atoms with Crippen molar-refractivity contribution >= 4 is 22.2 Å². The van der Waals surface area contributed by atoms with Gasteiger partial charge >= 0.3 is 5.69 Å². The number of benzene rings is 1. The molecule has 8 nitrogen and oxygen atoms in total. The first kappa shape index (κ1) is 17.6. The average molecular weight is 373 g/mol. The first-order valence-electron chi connectivity index (χ1n) is 9.06. The second-order valence-electron chi connectivity index (χ2n) is 5.88. The van der Waals surface area contributed by atoms with Gasteiger partial charge < -0.3 is 4.98 Å². The lowest BCUT2D eigenvalue weighted by Crippen LogP contribution is -2.18. The van der Waals surface area contributed by atoms with E-state index in [1.54, 1.807) is 29.5 Å². The summed E-state index contributed by atoms with van der Waals surface area (Å²) >= 11 is 0. The average Bonchev–Trinajstić information content (AvgIpc) is 3.31. The fourth-order valence-electron chi connectivity index (χ4n) is 2.99. The van der Waals surface area contributed by atoms with E-state index in [9.17, 15) is 4.79 Å². The van der Waals surface area contributed by atoms with Crippen LogP contribution in [-0.4, -0.2) is 34.1 Å². The van der Waals surface area contributed by atoms with E-state index >= 15 is 0 Å². The second-order valence-corrected chi connectivity index (χ2v) is 5.88. The molecule has 0 unspecified atom stereocenters. The first-order valence-corrected chi connectivity index (χ1v) is 9.06. The maximum absolute atomic E-state index is 12.4. The number of pyridine rings is 1. The van der Waals surface area contributed by atoms with Crippen LogP contribution < -0.4 is 5.69 Å². The number of nitrogens with one attached hydrogen (secondary N) is 1. The number of imidazole rings is 2. The third kappa shape index (κ3) is 3.05. The number of aromatic amines is 1. The third-order valence-corrected chi connectivity index (χ3v) is 4.26. The van der Waals surface area contributed by atoms with Crippen molar-refractivity contribution < 1.29 is 0 Å². The van der Waals surface area contributed by atoms with Crippen molar-refractivity contribution in [3.8, 4) is 5.95 Å². The zero-order valence-corrected chi connectivity index (χ0v) is 15.6. The van der Waals surface area contributed by atoms with Crippen molar-refractivity contribution in [2.75, 3.05) is 0 Å². The lowest BCUT2D eigenvalue weighted by molar-refractivity contribution is 0.773. The number of para-hydroxylation sites is 2. The lowest BCUT2D eigenvalue weighted by Gasteiger charge is -2.05. The minimum Gasteiger partial charge on any atom is -0.303 e. The van der Waals surface area contributed by atoms with E-state index in [4.69, 9.17) is 0 Å². The normalized spacial score (nSPS) is 10.8. The first-order chi connectivity index (χ1) is 13.8. The van der Waals surface area contributed by atoms with Crippen LogP contribution in [0.2, 0.25) is 0 Å². The number of hydrogen-bond donors (Lipinski definition) is 1. The highest BCUT2D eigenvalue weighted by molar-refractivity contribution is 5.77. The molecule has 0 amide bonds. The Kier molecular flexibility index (Phi) is 4.67. The van der Waals surface area contributed by atoms with Crippen molar-refractivity contribution in [1.29, 1.82) is 0 Å². The van der Waals surface area contributed by atoms with Crippen LogP contribution in [0.25, 0.3) is 28.1 Å². The Morgan fingerprint density at radius 3 is 2.64 bits per heavy atom. The maximum Gasteiger partial charge on any atom is 0.328 e. The molecule has 28 heavy (non-hydrogen) atoms. The molecule has 4 aromatic heterocycles. The molecule has 0 fully saturated rings. The number of H-pyrrole nitrogens is 1. The van der Waals surface area contributed by atoms with Crippen LogP contribution in [0.15, 0.2) is 66.1 Å². The summed E-state index contributed by atoms with van der Waals surface area (Å²) in [5.74, 6) is 0.466. The Bertz CT molecular complexity index is 1280. The molecule has 0 radical (unpaired) electrons. The van der Waals surface area contributed by atoms with Gasteiger partial charge in [-0.3, -0.25) is 14.1 Å². The van der Waals surface area contributed by atoms with Crippen LogP contribution in [-0.2, 0) is 6.54 Å². The van der Waals surface area contributed by atoms with E-state index in [1.807, 2.05) is 54.8 Å². The highest BCUT2D eigenvalue weighted by atomic mass is 16.1. The zero-order valence-electron chi connectivity index (χ0n) is 15.6. The molecule has 0 spiro atoms. The Hall–Kier alpha value is -3.81. The largest absolute Gasteiger partial charge is 0.328 e. The molecule has 0 saturated heterocycles. The smallest absolute Gasteiger partial charge is 0.303 e. The Labute approximate surface area is 160 Å². The molecule has 8 heteroatoms. The molecule has 5 aromatic rings. The van der Waals surface area contributed by atoms with Gasteiger partial charge in [0, 0.05) is 12.4 Å². The highest BCUT2D eigenvalue weighted by Gasteiger charge is 2.13. The van der Waals surface area contributed by atoms with Gasteiger partial charge in [-0.2, -0.15) is 4.98 Å². The molecule has 0 atom stereocenters. The summed E-state index contributed by atoms with van der Waals surface area (Å²) in [5, 5.41) is 0. The molecule has 4 heterocycles. The second kappa shape index (κ2) is 7.43. The van der Waals surface area contributed by atoms with Crippen molar-refractivity contribution in [2.45, 2.75) is 20.4 Å². The van der Waals surface area contributed by atoms with Gasteiger partial charge in [0.2, 0.25) is 5.95 Å². The summed E-state index contributed by atoms with van der Waals surface area (Å²) in [6, 6.07) is 11.5. The summed E-state index contributed by atoms with van der Waals surface area (Å²) in [7, 11) is 0. The summed E-state index contributed by atoms with van der Waals surface area (Å²) in [6.45, 7) is 4.41. The van der Waals surface area contributed by atoms with Gasteiger partial charge in [0.1, 0.15) is 11.8 Å². The van der Waals surface area contributed by atoms with Gasteiger partial charge in [-0.1, -0.05) is 26.0 Å². The van der Waals surface area contributed by atoms with Crippen molar-refractivity contribution in [2.24, 2.45) is 0 Å². The number of hydrogen-bond acceptors (Lipinski definition) is 5. The van der Waals surface area contributed by atoms with Crippen molar-refractivity contribution in [1.82, 2.24) is 34.1 Å². The molecule has 1 aromatic carbocycles. The van der Waals surface area contributed by atoms with Gasteiger partial charge in [-0.25, -0.2) is 14.8 Å². The summed E-state index contributed by atoms with van der Waals surface area (Å²) in [4.78, 5) is 32.5. The predicted molar refractivity (Wildman–Crippen MR) is 107 cm³/mol. The maximum atomic E-state index is 12.4. The molecule has 1 N–H and O–H groups in total. The molecule has 0 aliphatic rings. The van der Waals surface area contributed by atoms with Crippen LogP contribution in [0.1, 0.15) is 19.4 Å². The molecular weight excluding hydrogens is 354 g/mol. The Balaban J connectivity index is 0.000000932. The quantitative estimate of drug-likeness (QED) is 0.525. The number of rotatable bonds is 3. The van der Waals surface area contributed by atoms with Crippen molar-refractivity contribution in [3.05, 3.63) is 77.4 Å². The van der Waals surface area contributed by atoms with E-state index in [-0.39, 0.29) is 5.69 Å².